The highest BCUT2D eigenvalue weighted by Crippen LogP contribution is 2.28. The second-order valence-electron chi connectivity index (χ2n) is 4.97. The molecule has 1 unspecified atom stereocenters. The summed E-state index contributed by atoms with van der Waals surface area (Å²) in [6.45, 7) is 2.02. The van der Waals surface area contributed by atoms with Gasteiger partial charge in [0.25, 0.3) is 0 Å². The number of hydrogen-bond donors (Lipinski definition) is 2. The van der Waals surface area contributed by atoms with E-state index in [2.05, 4.69) is 5.32 Å². The van der Waals surface area contributed by atoms with Crippen molar-refractivity contribution in [2.75, 3.05) is 11.6 Å². The normalized spacial score (nSPS) is 12.9. The summed E-state index contributed by atoms with van der Waals surface area (Å²) in [6, 6.07) is 13.8. The Morgan fingerprint density at radius 2 is 1.71 bits per heavy atom. The first-order chi connectivity index (χ1) is 9.91. The van der Waals surface area contributed by atoms with Crippen LogP contribution in [0.4, 0.5) is 5.69 Å². The van der Waals surface area contributed by atoms with Crippen LogP contribution >= 0.6 is 0 Å². The van der Waals surface area contributed by atoms with Crippen LogP contribution < -0.4 is 5.32 Å². The number of aromatic hydroxyl groups is 1. The Labute approximate surface area is 125 Å². The molecule has 2 N–H and O–H groups in total. The zero-order valence-electron chi connectivity index (χ0n) is 12.1. The molecular weight excluding hydrogens is 286 g/mol. The van der Waals surface area contributed by atoms with Crippen molar-refractivity contribution in [3.63, 3.8) is 0 Å². The van der Waals surface area contributed by atoms with Crippen molar-refractivity contribution in [1.29, 1.82) is 0 Å². The molecule has 0 heterocycles. The second kappa shape index (κ2) is 6.18. The minimum atomic E-state index is -3.28. The van der Waals surface area contributed by atoms with E-state index in [1.54, 1.807) is 36.4 Å². The number of hydrogen-bond acceptors (Lipinski definition) is 4. The average Bonchev–Trinajstić information content (AvgIpc) is 2.45. The zero-order valence-corrected chi connectivity index (χ0v) is 12.9. The maximum Gasteiger partial charge on any atom is 0.177 e. The molecule has 0 saturated heterocycles. The number of nitrogens with one attached hydrogen (secondary N) is 1. The van der Waals surface area contributed by atoms with Crippen LogP contribution in [0.2, 0.25) is 0 Å². The monoisotopic (exact) mass is 305 g/mol. The highest BCUT2D eigenvalue weighted by atomic mass is 32.2. The predicted octanol–water partition coefficient (Wildman–Crippen LogP) is 3.36. The van der Waals surface area contributed by atoms with Gasteiger partial charge in [0.15, 0.2) is 9.84 Å². The number of benzene rings is 2. The molecule has 0 saturated carbocycles. The van der Waals surface area contributed by atoms with Crippen LogP contribution in [0.15, 0.2) is 53.4 Å². The van der Waals surface area contributed by atoms with E-state index in [1.165, 1.54) is 6.26 Å². The average molecular weight is 305 g/mol. The molecule has 0 aromatic heterocycles. The van der Waals surface area contributed by atoms with Gasteiger partial charge in [0.1, 0.15) is 5.75 Å². The molecule has 5 heteroatoms. The van der Waals surface area contributed by atoms with E-state index < -0.39 is 9.84 Å². The molecule has 4 nitrogen and oxygen atoms in total. The second-order valence-corrected chi connectivity index (χ2v) is 6.95. The summed E-state index contributed by atoms with van der Waals surface area (Å²) < 4.78 is 23.7. The first-order valence-corrected chi connectivity index (χ1v) is 8.65. The molecule has 0 aliphatic rings. The van der Waals surface area contributed by atoms with Crippen molar-refractivity contribution in [1.82, 2.24) is 0 Å². The maximum atomic E-state index is 11.8. The number of anilines is 1. The molecule has 2 aromatic carbocycles. The molecule has 2 aromatic rings. The molecule has 0 radical (unpaired) electrons. The van der Waals surface area contributed by atoms with Crippen LogP contribution in [-0.4, -0.2) is 19.8 Å². The van der Waals surface area contributed by atoms with Gasteiger partial charge in [0.2, 0.25) is 0 Å². The maximum absolute atomic E-state index is 11.8. The van der Waals surface area contributed by atoms with Crippen LogP contribution in [0.5, 0.6) is 5.75 Å². The quantitative estimate of drug-likeness (QED) is 0.889. The number of phenolic OH excluding ortho intramolecular Hbond substituents is 1. The molecule has 0 aliphatic carbocycles. The van der Waals surface area contributed by atoms with Crippen LogP contribution in [0.25, 0.3) is 0 Å². The Morgan fingerprint density at radius 1 is 1.10 bits per heavy atom. The van der Waals surface area contributed by atoms with E-state index in [4.69, 9.17) is 0 Å². The largest absolute Gasteiger partial charge is 0.508 e. The van der Waals surface area contributed by atoms with Crippen molar-refractivity contribution in [3.8, 4) is 5.75 Å². The van der Waals surface area contributed by atoms with Gasteiger partial charge in [-0.3, -0.25) is 0 Å². The zero-order chi connectivity index (χ0) is 15.5. The third-order valence-corrected chi connectivity index (χ3v) is 4.47. The predicted molar refractivity (Wildman–Crippen MR) is 84.3 cm³/mol. The molecule has 0 fully saturated rings. The van der Waals surface area contributed by atoms with Gasteiger partial charge in [-0.25, -0.2) is 8.42 Å². The first-order valence-electron chi connectivity index (χ1n) is 6.76. The minimum absolute atomic E-state index is 0.0199. The van der Waals surface area contributed by atoms with Crippen LogP contribution in [0.1, 0.15) is 24.9 Å². The minimum Gasteiger partial charge on any atom is -0.508 e. The SMILES string of the molecule is CCC(Nc1ccccc1S(C)(=O)=O)c1ccc(O)cc1. The highest BCUT2D eigenvalue weighted by molar-refractivity contribution is 7.90. The Balaban J connectivity index is 2.34. The fourth-order valence-electron chi connectivity index (χ4n) is 2.22. The van der Waals surface area contributed by atoms with Crippen molar-refractivity contribution in [2.45, 2.75) is 24.3 Å². The Hall–Kier alpha value is -2.01. The summed E-state index contributed by atoms with van der Waals surface area (Å²) in [5, 5.41) is 12.6. The summed E-state index contributed by atoms with van der Waals surface area (Å²) in [7, 11) is -3.28. The van der Waals surface area contributed by atoms with Gasteiger partial charge in [-0.1, -0.05) is 31.2 Å². The number of para-hydroxylation sites is 1. The van der Waals surface area contributed by atoms with Crippen LogP contribution in [0, 0.1) is 0 Å². The lowest BCUT2D eigenvalue weighted by molar-refractivity contribution is 0.475. The van der Waals surface area contributed by atoms with E-state index >= 15 is 0 Å². The summed E-state index contributed by atoms with van der Waals surface area (Å²) in [4.78, 5) is 0.294. The van der Waals surface area contributed by atoms with E-state index in [0.717, 1.165) is 12.0 Å². The molecule has 21 heavy (non-hydrogen) atoms. The lowest BCUT2D eigenvalue weighted by Gasteiger charge is -2.20. The van der Waals surface area contributed by atoms with Crippen molar-refractivity contribution in [2.24, 2.45) is 0 Å². The number of sulfone groups is 1. The van der Waals surface area contributed by atoms with Gasteiger partial charge < -0.3 is 10.4 Å². The third-order valence-electron chi connectivity index (χ3n) is 3.32. The summed E-state index contributed by atoms with van der Waals surface area (Å²) >= 11 is 0. The molecule has 112 valence electrons. The van der Waals surface area contributed by atoms with E-state index in [0.29, 0.717) is 10.6 Å². The molecule has 1 atom stereocenters. The molecular formula is C16H19NO3S. The van der Waals surface area contributed by atoms with E-state index in [1.807, 2.05) is 19.1 Å². The summed E-state index contributed by atoms with van der Waals surface area (Å²) in [5.41, 5.74) is 1.60. The topological polar surface area (TPSA) is 66.4 Å². The molecule has 0 aliphatic heterocycles. The van der Waals surface area contributed by atoms with Gasteiger partial charge in [-0.15, -0.1) is 0 Å². The summed E-state index contributed by atoms with van der Waals surface area (Å²) in [6.07, 6.45) is 2.00. The van der Waals surface area contributed by atoms with E-state index in [9.17, 15) is 13.5 Å². The van der Waals surface area contributed by atoms with Crippen molar-refractivity contribution >= 4 is 15.5 Å². The third kappa shape index (κ3) is 3.76. The fraction of sp³-hybridized carbons (Fsp3) is 0.250. The Bertz CT molecular complexity index is 709. The van der Waals surface area contributed by atoms with Crippen LogP contribution in [-0.2, 0) is 9.84 Å². The van der Waals surface area contributed by atoms with Gasteiger partial charge >= 0.3 is 0 Å². The summed E-state index contributed by atoms with van der Waals surface area (Å²) in [5.74, 6) is 0.213. The van der Waals surface area contributed by atoms with E-state index in [-0.39, 0.29) is 11.8 Å². The van der Waals surface area contributed by atoms with Gasteiger partial charge in [-0.2, -0.15) is 0 Å². The van der Waals surface area contributed by atoms with Crippen LogP contribution in [0.3, 0.4) is 0 Å². The first kappa shape index (κ1) is 15.4. The molecule has 0 amide bonds. The van der Waals surface area contributed by atoms with Gasteiger partial charge in [-0.05, 0) is 36.2 Å². The van der Waals surface area contributed by atoms with Gasteiger partial charge in [0.05, 0.1) is 16.6 Å². The molecule has 0 spiro atoms. The smallest absolute Gasteiger partial charge is 0.177 e. The molecule has 0 bridgehead atoms. The number of phenols is 1. The molecule has 2 rings (SSSR count). The Kier molecular flexibility index (Phi) is 4.53. The van der Waals surface area contributed by atoms with Gasteiger partial charge in [0, 0.05) is 6.26 Å². The fourth-order valence-corrected chi connectivity index (χ4v) is 3.08. The van der Waals surface area contributed by atoms with Crippen molar-refractivity contribution < 1.29 is 13.5 Å². The lowest BCUT2D eigenvalue weighted by atomic mass is 10.0. The van der Waals surface area contributed by atoms with Crippen molar-refractivity contribution in [3.05, 3.63) is 54.1 Å². The Morgan fingerprint density at radius 3 is 2.29 bits per heavy atom. The number of rotatable bonds is 5. The highest BCUT2D eigenvalue weighted by Gasteiger charge is 2.16. The standard InChI is InChI=1S/C16H19NO3S/c1-3-14(12-8-10-13(18)11-9-12)17-15-6-4-5-7-16(15)21(2,19)20/h4-11,14,17-18H,3H2,1-2H3. The lowest BCUT2D eigenvalue weighted by Crippen LogP contribution is -2.12.